The minimum Gasteiger partial charge on any atom is -0.343 e. The summed E-state index contributed by atoms with van der Waals surface area (Å²) in [5.74, 6) is 0. The molecule has 1 saturated heterocycles. The summed E-state index contributed by atoms with van der Waals surface area (Å²) >= 11 is 9.64. The number of nitrogens with one attached hydrogen (secondary N) is 1. The molecule has 1 aliphatic rings. The summed E-state index contributed by atoms with van der Waals surface area (Å²) in [4.78, 5) is 0. The van der Waals surface area contributed by atoms with Crippen molar-refractivity contribution in [2.45, 2.75) is 5.50 Å². The van der Waals surface area contributed by atoms with Gasteiger partial charge in [-0.25, -0.2) is 0 Å². The van der Waals surface area contributed by atoms with Gasteiger partial charge >= 0.3 is 0 Å². The summed E-state index contributed by atoms with van der Waals surface area (Å²) in [6, 6.07) is 0. The summed E-state index contributed by atoms with van der Waals surface area (Å²) in [6.07, 6.45) is 0. The van der Waals surface area contributed by atoms with E-state index in [0.717, 1.165) is 16.4 Å². The molecule has 0 aliphatic carbocycles. The molecular weight excluding hydrogens is 255 g/mol. The van der Waals surface area contributed by atoms with Crippen molar-refractivity contribution in [3.63, 3.8) is 0 Å². The first kappa shape index (κ1) is 10.4. The molecule has 50 valence electrons. The summed E-state index contributed by atoms with van der Waals surface area (Å²) in [7, 11) is 0. The molecular formula is C2H4N2OS3Zr. The van der Waals surface area contributed by atoms with Crippen molar-refractivity contribution in [2.75, 3.05) is 0 Å². The van der Waals surface area contributed by atoms with Crippen LogP contribution in [0.3, 0.4) is 0 Å². The zero-order chi connectivity index (χ0) is 6.15. The minimum atomic E-state index is -0.354. The largest absolute Gasteiger partial charge is 0.343 e. The predicted molar refractivity (Wildman–Crippen MR) is 39.7 cm³/mol. The van der Waals surface area contributed by atoms with Crippen molar-refractivity contribution in [2.24, 2.45) is 0 Å². The fourth-order valence-electron chi connectivity index (χ4n) is 0.322. The maximum atomic E-state index is 8.74. The van der Waals surface area contributed by atoms with Gasteiger partial charge in [0, 0.05) is 38.2 Å². The second kappa shape index (κ2) is 4.31. The molecule has 0 aromatic heterocycles. The van der Waals surface area contributed by atoms with Crippen LogP contribution in [0.15, 0.2) is 0 Å². The topological polar surface area (TPSA) is 35.5 Å². The number of hydroxylamine groups is 1. The van der Waals surface area contributed by atoms with Crippen LogP contribution in [0, 0.1) is 0 Å². The molecule has 0 spiro atoms. The quantitative estimate of drug-likeness (QED) is 0.334. The fraction of sp³-hybridized carbons (Fsp3) is 0.500. The van der Waals surface area contributed by atoms with E-state index in [1.165, 1.54) is 0 Å². The molecule has 1 heterocycles. The third kappa shape index (κ3) is 2.86. The number of thiocarbonyl (C=S) groups is 1. The van der Waals surface area contributed by atoms with E-state index in [1.54, 1.807) is 0 Å². The van der Waals surface area contributed by atoms with E-state index >= 15 is 0 Å². The molecule has 7 heteroatoms. The minimum absolute atomic E-state index is 0. The van der Waals surface area contributed by atoms with Gasteiger partial charge in [-0.2, -0.15) is 0 Å². The van der Waals surface area contributed by atoms with E-state index < -0.39 is 0 Å². The third-order valence-corrected chi connectivity index (χ3v) is 2.16. The van der Waals surface area contributed by atoms with Crippen molar-refractivity contribution in [3.05, 3.63) is 0 Å². The molecule has 0 aromatic rings. The molecule has 1 unspecified atom stereocenters. The van der Waals surface area contributed by atoms with E-state index in [9.17, 15) is 0 Å². The van der Waals surface area contributed by atoms with Crippen LogP contribution in [0.25, 0.3) is 0 Å². The van der Waals surface area contributed by atoms with Crippen molar-refractivity contribution in [1.29, 1.82) is 0 Å². The Bertz CT molecular complexity index is 110. The van der Waals surface area contributed by atoms with Gasteiger partial charge in [-0.15, -0.1) is 12.6 Å². The van der Waals surface area contributed by atoms with Crippen LogP contribution >= 0.6 is 36.8 Å². The SMILES string of the molecule is ON1SC(=S)NC1S.[Zr]. The zero-order valence-corrected chi connectivity index (χ0v) is 9.22. The second-order valence-electron chi connectivity index (χ2n) is 1.20. The monoisotopic (exact) mass is 258 g/mol. The maximum absolute atomic E-state index is 8.74. The molecule has 1 atom stereocenters. The van der Waals surface area contributed by atoms with Crippen LogP contribution in [0.5, 0.6) is 0 Å². The van der Waals surface area contributed by atoms with Crippen LogP contribution in [0.4, 0.5) is 0 Å². The number of hydrogen-bond donors (Lipinski definition) is 3. The number of hydrogen-bond acceptors (Lipinski definition) is 5. The van der Waals surface area contributed by atoms with E-state index in [2.05, 4.69) is 30.2 Å². The van der Waals surface area contributed by atoms with Crippen LogP contribution < -0.4 is 5.32 Å². The normalized spacial score (nSPS) is 27.3. The van der Waals surface area contributed by atoms with Gasteiger partial charge in [0.1, 0.15) is 0 Å². The smallest absolute Gasteiger partial charge is 0.160 e. The van der Waals surface area contributed by atoms with E-state index in [4.69, 9.17) is 5.21 Å². The average molecular weight is 259 g/mol. The Morgan fingerprint density at radius 2 is 2.44 bits per heavy atom. The predicted octanol–water partition coefficient (Wildman–Crippen LogP) is 0.425. The maximum Gasteiger partial charge on any atom is 0.160 e. The van der Waals surface area contributed by atoms with Gasteiger partial charge in [0.05, 0.1) is 0 Å². The zero-order valence-electron chi connectivity index (χ0n) is 4.24. The van der Waals surface area contributed by atoms with Gasteiger partial charge in [0.25, 0.3) is 0 Å². The van der Waals surface area contributed by atoms with E-state index in [0.29, 0.717) is 4.32 Å². The van der Waals surface area contributed by atoms with E-state index in [1.807, 2.05) is 0 Å². The number of thiol groups is 1. The summed E-state index contributed by atoms with van der Waals surface area (Å²) in [6.45, 7) is 0. The molecule has 0 aromatic carbocycles. The van der Waals surface area contributed by atoms with Gasteiger partial charge in [0.2, 0.25) is 0 Å². The summed E-state index contributed by atoms with van der Waals surface area (Å²) in [5, 5.41) is 11.4. The van der Waals surface area contributed by atoms with Crippen molar-refractivity contribution < 1.29 is 31.4 Å². The third-order valence-electron chi connectivity index (χ3n) is 0.633. The van der Waals surface area contributed by atoms with Crippen LogP contribution in [0.2, 0.25) is 0 Å². The molecule has 3 nitrogen and oxygen atoms in total. The molecule has 0 bridgehead atoms. The molecule has 9 heavy (non-hydrogen) atoms. The first-order valence-corrected chi connectivity index (χ1v) is 3.54. The van der Waals surface area contributed by atoms with Crippen LogP contribution in [-0.4, -0.2) is 19.5 Å². The van der Waals surface area contributed by atoms with Gasteiger partial charge < -0.3 is 10.5 Å². The Hall–Kier alpha value is 1.39. The summed E-state index contributed by atoms with van der Waals surface area (Å²) in [5.41, 5.74) is -0.354. The number of rotatable bonds is 0. The van der Waals surface area contributed by atoms with Gasteiger partial charge in [-0.3, -0.25) is 0 Å². The molecule has 0 saturated carbocycles. The van der Waals surface area contributed by atoms with E-state index in [-0.39, 0.29) is 31.7 Å². The molecule has 0 radical (unpaired) electrons. The van der Waals surface area contributed by atoms with Crippen LogP contribution in [-0.2, 0) is 26.2 Å². The van der Waals surface area contributed by atoms with Gasteiger partial charge in [-0.05, 0) is 0 Å². The Labute approximate surface area is 87.2 Å². The van der Waals surface area contributed by atoms with Crippen molar-refractivity contribution in [1.82, 2.24) is 9.79 Å². The first-order chi connectivity index (χ1) is 3.70. The fourth-order valence-corrected chi connectivity index (χ4v) is 1.59. The Morgan fingerprint density at radius 3 is 2.56 bits per heavy atom. The van der Waals surface area contributed by atoms with Crippen molar-refractivity contribution in [3.8, 4) is 0 Å². The molecule has 1 rings (SSSR count). The standard InChI is InChI=1S/C2H4N2OS3.Zr/c5-4-1(6)3-2(7)8-4;/h1,5-6H,(H,3,7);. The molecule has 1 fully saturated rings. The molecule has 0 amide bonds. The van der Waals surface area contributed by atoms with Crippen molar-refractivity contribution >= 4 is 41.1 Å². The Balaban J connectivity index is 0.000000640. The molecule has 2 N–H and O–H groups in total. The summed E-state index contributed by atoms with van der Waals surface area (Å²) < 4.78 is 1.50. The van der Waals surface area contributed by atoms with Gasteiger partial charge in [-0.1, -0.05) is 16.7 Å². The average Bonchev–Trinajstić information content (AvgIpc) is 1.85. The first-order valence-electron chi connectivity index (χ1n) is 1.85. The van der Waals surface area contributed by atoms with Gasteiger partial charge in [0.15, 0.2) is 9.82 Å². The van der Waals surface area contributed by atoms with Crippen LogP contribution in [0.1, 0.15) is 0 Å². The number of nitrogens with zero attached hydrogens (tertiary/aromatic N) is 1. The molecule has 1 aliphatic heterocycles. The second-order valence-corrected chi connectivity index (χ2v) is 3.32. The Morgan fingerprint density at radius 1 is 1.89 bits per heavy atom. The Kier molecular flexibility index (Phi) is 4.98.